The highest BCUT2D eigenvalue weighted by atomic mass is 35.5. The van der Waals surface area contributed by atoms with Gasteiger partial charge in [-0.1, -0.05) is 16.8 Å². The Kier molecular flexibility index (Phi) is 3.07. The molecule has 0 atom stereocenters. The van der Waals surface area contributed by atoms with Gasteiger partial charge in [0, 0.05) is 17.0 Å². The van der Waals surface area contributed by atoms with Crippen LogP contribution in [0.25, 0.3) is 11.0 Å². The Morgan fingerprint density at radius 1 is 1.32 bits per heavy atom. The first-order valence-corrected chi connectivity index (χ1v) is 7.23. The summed E-state index contributed by atoms with van der Waals surface area (Å²) in [5.41, 5.74) is 2.02. The van der Waals surface area contributed by atoms with Gasteiger partial charge in [0.25, 0.3) is 0 Å². The van der Waals surface area contributed by atoms with E-state index in [-0.39, 0.29) is 12.2 Å². The molecule has 112 valence electrons. The molecular formula is C14H11ClN4O3. The molecule has 1 N–H and O–H groups in total. The zero-order valence-corrected chi connectivity index (χ0v) is 12.2. The van der Waals surface area contributed by atoms with Crippen molar-refractivity contribution < 1.29 is 9.15 Å². The highest BCUT2D eigenvalue weighted by Gasteiger charge is 2.21. The van der Waals surface area contributed by atoms with E-state index in [0.717, 1.165) is 35.8 Å². The summed E-state index contributed by atoms with van der Waals surface area (Å²) in [7, 11) is 0. The fourth-order valence-corrected chi connectivity index (χ4v) is 3.00. The minimum absolute atomic E-state index is 0.122. The predicted molar refractivity (Wildman–Crippen MR) is 78.0 cm³/mol. The fraction of sp³-hybridized carbons (Fsp3) is 0.286. The molecule has 8 heteroatoms. The molecule has 0 bridgehead atoms. The molecule has 2 heterocycles. The summed E-state index contributed by atoms with van der Waals surface area (Å²) in [5, 5.41) is 14.7. The second-order valence-corrected chi connectivity index (χ2v) is 5.50. The molecule has 7 nitrogen and oxygen atoms in total. The molecule has 0 saturated heterocycles. The number of halogens is 1. The third kappa shape index (κ3) is 2.14. The lowest BCUT2D eigenvalue weighted by Crippen LogP contribution is -2.07. The van der Waals surface area contributed by atoms with Gasteiger partial charge in [0.1, 0.15) is 11.3 Å². The van der Waals surface area contributed by atoms with E-state index in [1.807, 2.05) is 0 Å². The van der Waals surface area contributed by atoms with Gasteiger partial charge in [-0.2, -0.15) is 5.21 Å². The molecule has 0 amide bonds. The average Bonchev–Trinajstić information content (AvgIpc) is 3.18. The molecule has 0 saturated carbocycles. The summed E-state index contributed by atoms with van der Waals surface area (Å²) >= 11 is 6.28. The van der Waals surface area contributed by atoms with Crippen LogP contribution in [-0.4, -0.2) is 20.6 Å². The van der Waals surface area contributed by atoms with Crippen LogP contribution in [0.1, 0.15) is 23.4 Å². The Morgan fingerprint density at radius 2 is 2.18 bits per heavy atom. The molecule has 0 radical (unpaired) electrons. The Labute approximate surface area is 129 Å². The van der Waals surface area contributed by atoms with Crippen molar-refractivity contribution >= 4 is 22.6 Å². The molecule has 1 aliphatic carbocycles. The van der Waals surface area contributed by atoms with Gasteiger partial charge in [-0.3, -0.25) is 0 Å². The third-order valence-electron chi connectivity index (χ3n) is 3.77. The van der Waals surface area contributed by atoms with Crippen LogP contribution in [0.5, 0.6) is 5.75 Å². The van der Waals surface area contributed by atoms with Crippen molar-refractivity contribution in [3.63, 3.8) is 0 Å². The number of fused-ring (bicyclic) bond motifs is 3. The van der Waals surface area contributed by atoms with Crippen LogP contribution < -0.4 is 10.4 Å². The van der Waals surface area contributed by atoms with Gasteiger partial charge in [0.05, 0.1) is 5.02 Å². The van der Waals surface area contributed by atoms with Crippen molar-refractivity contribution in [1.29, 1.82) is 0 Å². The number of ether oxygens (including phenoxy) is 1. The fourth-order valence-electron chi connectivity index (χ4n) is 2.78. The topological polar surface area (TPSA) is 93.9 Å². The molecule has 0 fully saturated rings. The quantitative estimate of drug-likeness (QED) is 0.743. The second-order valence-electron chi connectivity index (χ2n) is 5.10. The van der Waals surface area contributed by atoms with Crippen LogP contribution in [0, 0.1) is 0 Å². The van der Waals surface area contributed by atoms with E-state index in [2.05, 4.69) is 20.6 Å². The maximum absolute atomic E-state index is 12.0. The number of benzene rings is 1. The molecule has 4 rings (SSSR count). The number of nitrogens with one attached hydrogen (secondary N) is 1. The number of H-pyrrole nitrogens is 1. The van der Waals surface area contributed by atoms with E-state index in [4.69, 9.17) is 20.8 Å². The number of aromatic amines is 1. The smallest absolute Gasteiger partial charge is 0.339 e. The standard InChI is InChI=1S/C14H11ClN4O3/c15-10-4-9-7-2-1-3-8(7)14(20)22-11(9)5-12(10)21-6-13-16-18-19-17-13/h4-5H,1-3,6H2,(H,16,17,18,19). The summed E-state index contributed by atoms with van der Waals surface area (Å²) in [6, 6.07) is 3.42. The molecule has 0 spiro atoms. The first kappa shape index (κ1) is 13.3. The van der Waals surface area contributed by atoms with E-state index in [1.165, 1.54) is 0 Å². The maximum Gasteiger partial charge on any atom is 0.339 e. The van der Waals surface area contributed by atoms with Crippen LogP contribution in [0.15, 0.2) is 21.3 Å². The zero-order chi connectivity index (χ0) is 15.1. The maximum atomic E-state index is 12.0. The Morgan fingerprint density at radius 3 is 3.00 bits per heavy atom. The van der Waals surface area contributed by atoms with Gasteiger partial charge in [-0.15, -0.1) is 10.2 Å². The van der Waals surface area contributed by atoms with Crippen LogP contribution in [0.4, 0.5) is 0 Å². The first-order valence-electron chi connectivity index (χ1n) is 6.85. The van der Waals surface area contributed by atoms with Gasteiger partial charge in [-0.25, -0.2) is 4.79 Å². The molecule has 0 unspecified atom stereocenters. The summed E-state index contributed by atoms with van der Waals surface area (Å²) in [6.45, 7) is 0.122. The number of aryl methyl sites for hydroxylation is 1. The highest BCUT2D eigenvalue weighted by molar-refractivity contribution is 6.32. The summed E-state index contributed by atoms with van der Waals surface area (Å²) < 4.78 is 11.0. The monoisotopic (exact) mass is 318 g/mol. The summed E-state index contributed by atoms with van der Waals surface area (Å²) in [5.74, 6) is 0.826. The Balaban J connectivity index is 1.76. The van der Waals surface area contributed by atoms with E-state index in [1.54, 1.807) is 12.1 Å². The van der Waals surface area contributed by atoms with Crippen LogP contribution in [0.3, 0.4) is 0 Å². The predicted octanol–water partition coefficient (Wildman–Crippen LogP) is 2.03. The Bertz CT molecular complexity index is 905. The lowest BCUT2D eigenvalue weighted by Gasteiger charge is -2.09. The molecule has 2 aromatic heterocycles. The molecular weight excluding hydrogens is 308 g/mol. The number of hydrogen-bond donors (Lipinski definition) is 1. The van der Waals surface area contributed by atoms with Crippen molar-refractivity contribution in [2.24, 2.45) is 0 Å². The van der Waals surface area contributed by atoms with E-state index < -0.39 is 0 Å². The van der Waals surface area contributed by atoms with Crippen molar-refractivity contribution in [3.05, 3.63) is 44.5 Å². The van der Waals surface area contributed by atoms with Gasteiger partial charge in [-0.05, 0) is 30.9 Å². The number of hydrogen-bond acceptors (Lipinski definition) is 6. The van der Waals surface area contributed by atoms with Crippen molar-refractivity contribution in [3.8, 4) is 5.75 Å². The lowest BCUT2D eigenvalue weighted by molar-refractivity contribution is 0.296. The first-order chi connectivity index (χ1) is 10.7. The second kappa shape index (κ2) is 5.10. The van der Waals surface area contributed by atoms with Crippen molar-refractivity contribution in [1.82, 2.24) is 20.6 Å². The molecule has 1 aliphatic rings. The van der Waals surface area contributed by atoms with Gasteiger partial charge < -0.3 is 9.15 Å². The minimum Gasteiger partial charge on any atom is -0.484 e. The van der Waals surface area contributed by atoms with Gasteiger partial charge >= 0.3 is 5.63 Å². The van der Waals surface area contributed by atoms with Crippen LogP contribution in [0.2, 0.25) is 5.02 Å². The SMILES string of the molecule is O=c1oc2cc(OCc3nn[nH]n3)c(Cl)cc2c2c1CCC2. The van der Waals surface area contributed by atoms with Gasteiger partial charge in [0.2, 0.25) is 5.82 Å². The largest absolute Gasteiger partial charge is 0.484 e. The number of nitrogens with zero attached hydrogens (tertiary/aromatic N) is 3. The zero-order valence-electron chi connectivity index (χ0n) is 11.4. The van der Waals surface area contributed by atoms with Crippen LogP contribution in [-0.2, 0) is 19.4 Å². The van der Waals surface area contributed by atoms with Crippen LogP contribution >= 0.6 is 11.6 Å². The molecule has 0 aliphatic heterocycles. The average molecular weight is 319 g/mol. The highest BCUT2D eigenvalue weighted by Crippen LogP contribution is 2.34. The molecule has 3 aromatic rings. The normalized spacial score (nSPS) is 13.5. The molecule has 1 aromatic carbocycles. The summed E-state index contributed by atoms with van der Waals surface area (Å²) in [4.78, 5) is 12.0. The number of aromatic nitrogens is 4. The summed E-state index contributed by atoms with van der Waals surface area (Å²) in [6.07, 6.45) is 2.60. The Hall–Kier alpha value is -2.41. The van der Waals surface area contributed by atoms with Gasteiger partial charge in [0.15, 0.2) is 6.61 Å². The number of tetrazole rings is 1. The number of rotatable bonds is 3. The molecule has 22 heavy (non-hydrogen) atoms. The third-order valence-corrected chi connectivity index (χ3v) is 4.07. The minimum atomic E-state index is -0.272. The van der Waals surface area contributed by atoms with Crippen molar-refractivity contribution in [2.75, 3.05) is 0 Å². The van der Waals surface area contributed by atoms with E-state index in [9.17, 15) is 4.79 Å². The van der Waals surface area contributed by atoms with E-state index in [0.29, 0.717) is 22.2 Å². The van der Waals surface area contributed by atoms with Crippen molar-refractivity contribution in [2.45, 2.75) is 25.9 Å². The lowest BCUT2D eigenvalue weighted by atomic mass is 10.1. The van der Waals surface area contributed by atoms with E-state index >= 15 is 0 Å².